The van der Waals surface area contributed by atoms with E-state index in [1.54, 1.807) is 7.11 Å². The maximum absolute atomic E-state index is 5.12. The van der Waals surface area contributed by atoms with E-state index in [4.69, 9.17) is 4.74 Å². The summed E-state index contributed by atoms with van der Waals surface area (Å²) in [5.74, 6) is 0.902. The highest BCUT2D eigenvalue weighted by Gasteiger charge is 1.98. The monoisotopic (exact) mass is 236 g/mol. The van der Waals surface area contributed by atoms with Crippen LogP contribution >= 0.6 is 0 Å². The molecule has 1 N–H and O–H groups in total. The Balaban J connectivity index is 2.21. The molecule has 0 aliphatic carbocycles. The van der Waals surface area contributed by atoms with Crippen LogP contribution in [0.4, 0.5) is 5.69 Å². The highest BCUT2D eigenvalue weighted by atomic mass is 16.5. The van der Waals surface area contributed by atoms with Crippen LogP contribution in [0.25, 0.3) is 0 Å². The van der Waals surface area contributed by atoms with Gasteiger partial charge in [0, 0.05) is 12.2 Å². The predicted molar refractivity (Wildman–Crippen MR) is 73.9 cm³/mol. The van der Waals surface area contributed by atoms with Gasteiger partial charge in [-0.3, -0.25) is 0 Å². The molecule has 0 unspecified atom stereocenters. The molecule has 0 saturated heterocycles. The molecule has 0 aliphatic heterocycles. The van der Waals surface area contributed by atoms with E-state index < -0.39 is 0 Å². The number of nitrogens with one attached hydrogen (secondary N) is 1. The van der Waals surface area contributed by atoms with Gasteiger partial charge in [0.2, 0.25) is 0 Å². The molecule has 17 heavy (non-hydrogen) atoms. The number of hydrogen-bond acceptors (Lipinski definition) is 3. The Kier molecular flexibility index (Phi) is 6.48. The van der Waals surface area contributed by atoms with Crippen LogP contribution in [0.15, 0.2) is 24.3 Å². The maximum Gasteiger partial charge on any atom is 0.119 e. The van der Waals surface area contributed by atoms with E-state index in [2.05, 4.69) is 36.2 Å². The summed E-state index contributed by atoms with van der Waals surface area (Å²) in [6.07, 6.45) is 1.17. The minimum absolute atomic E-state index is 0.902. The third-order valence-corrected chi connectivity index (χ3v) is 2.96. The second-order valence-electron chi connectivity index (χ2n) is 4.04. The molecule has 1 rings (SSSR count). The van der Waals surface area contributed by atoms with Crippen LogP contribution in [-0.2, 0) is 0 Å². The second kappa shape index (κ2) is 7.96. The van der Waals surface area contributed by atoms with Crippen LogP contribution in [0.5, 0.6) is 5.75 Å². The molecule has 0 bridgehead atoms. The van der Waals surface area contributed by atoms with E-state index in [1.165, 1.54) is 6.42 Å². The number of nitrogens with zero attached hydrogens (tertiary/aromatic N) is 1. The van der Waals surface area contributed by atoms with Gasteiger partial charge >= 0.3 is 0 Å². The lowest BCUT2D eigenvalue weighted by molar-refractivity contribution is 0.303. The van der Waals surface area contributed by atoms with Crippen LogP contribution in [0.1, 0.15) is 20.3 Å². The molecular weight excluding hydrogens is 212 g/mol. The summed E-state index contributed by atoms with van der Waals surface area (Å²) < 4.78 is 5.12. The van der Waals surface area contributed by atoms with Crippen molar-refractivity contribution >= 4 is 5.69 Å². The smallest absolute Gasteiger partial charge is 0.119 e. The Bertz CT molecular complexity index is 294. The number of methoxy groups -OCH3 is 1. The molecule has 0 heterocycles. The lowest BCUT2D eigenvalue weighted by atomic mass is 10.3. The Morgan fingerprint density at radius 1 is 1.12 bits per heavy atom. The first-order chi connectivity index (χ1) is 8.30. The molecule has 0 amide bonds. The van der Waals surface area contributed by atoms with Gasteiger partial charge < -0.3 is 15.0 Å². The lowest BCUT2D eigenvalue weighted by Crippen LogP contribution is -2.25. The average molecular weight is 236 g/mol. The van der Waals surface area contributed by atoms with E-state index in [-0.39, 0.29) is 0 Å². The van der Waals surface area contributed by atoms with Crippen LogP contribution < -0.4 is 10.1 Å². The van der Waals surface area contributed by atoms with E-state index in [0.29, 0.717) is 0 Å². The SMILES string of the molecule is CCN(CC)CCCNc1ccc(OC)cc1. The molecule has 0 aromatic heterocycles. The molecule has 0 fully saturated rings. The molecule has 0 spiro atoms. The molecule has 3 nitrogen and oxygen atoms in total. The first-order valence-corrected chi connectivity index (χ1v) is 6.40. The molecule has 3 heteroatoms. The zero-order valence-electron chi connectivity index (χ0n) is 11.2. The van der Waals surface area contributed by atoms with E-state index in [1.807, 2.05) is 12.1 Å². The van der Waals surface area contributed by atoms with Gasteiger partial charge in [-0.2, -0.15) is 0 Å². The normalized spacial score (nSPS) is 10.6. The summed E-state index contributed by atoms with van der Waals surface area (Å²) in [6, 6.07) is 8.06. The summed E-state index contributed by atoms with van der Waals surface area (Å²) in [7, 11) is 1.69. The summed E-state index contributed by atoms with van der Waals surface area (Å²) in [5.41, 5.74) is 1.16. The lowest BCUT2D eigenvalue weighted by Gasteiger charge is -2.17. The number of anilines is 1. The number of benzene rings is 1. The van der Waals surface area contributed by atoms with Crippen LogP contribution in [-0.4, -0.2) is 38.2 Å². The average Bonchev–Trinajstić information content (AvgIpc) is 2.40. The van der Waals surface area contributed by atoms with Crippen molar-refractivity contribution in [2.24, 2.45) is 0 Å². The highest BCUT2D eigenvalue weighted by Crippen LogP contribution is 2.14. The second-order valence-corrected chi connectivity index (χ2v) is 4.04. The quantitative estimate of drug-likeness (QED) is 0.702. The fraction of sp³-hybridized carbons (Fsp3) is 0.571. The zero-order valence-corrected chi connectivity index (χ0v) is 11.2. The maximum atomic E-state index is 5.12. The van der Waals surface area contributed by atoms with Gasteiger partial charge in [0.1, 0.15) is 5.75 Å². The Labute approximate surface area is 105 Å². The topological polar surface area (TPSA) is 24.5 Å². The third-order valence-electron chi connectivity index (χ3n) is 2.96. The first-order valence-electron chi connectivity index (χ1n) is 6.40. The van der Waals surface area contributed by atoms with Crippen molar-refractivity contribution in [3.8, 4) is 5.75 Å². The molecule has 0 atom stereocenters. The zero-order chi connectivity index (χ0) is 12.5. The molecule has 96 valence electrons. The van der Waals surface area contributed by atoms with Crippen molar-refractivity contribution in [2.75, 3.05) is 38.6 Å². The number of rotatable bonds is 8. The molecule has 0 aliphatic rings. The van der Waals surface area contributed by atoms with Gasteiger partial charge in [-0.15, -0.1) is 0 Å². The van der Waals surface area contributed by atoms with Crippen molar-refractivity contribution < 1.29 is 4.74 Å². The fourth-order valence-corrected chi connectivity index (χ4v) is 1.78. The molecule has 0 radical (unpaired) electrons. The van der Waals surface area contributed by atoms with E-state index in [9.17, 15) is 0 Å². The van der Waals surface area contributed by atoms with Crippen molar-refractivity contribution in [1.82, 2.24) is 4.90 Å². The minimum Gasteiger partial charge on any atom is -0.497 e. The van der Waals surface area contributed by atoms with Gasteiger partial charge in [0.25, 0.3) is 0 Å². The van der Waals surface area contributed by atoms with Crippen molar-refractivity contribution in [2.45, 2.75) is 20.3 Å². The summed E-state index contributed by atoms with van der Waals surface area (Å²) in [4.78, 5) is 2.44. The first kappa shape index (κ1) is 13.8. The Morgan fingerprint density at radius 2 is 1.76 bits per heavy atom. The van der Waals surface area contributed by atoms with Crippen molar-refractivity contribution in [3.05, 3.63) is 24.3 Å². The van der Waals surface area contributed by atoms with E-state index in [0.717, 1.165) is 37.6 Å². The Morgan fingerprint density at radius 3 is 2.29 bits per heavy atom. The number of hydrogen-bond donors (Lipinski definition) is 1. The van der Waals surface area contributed by atoms with Crippen LogP contribution in [0, 0.1) is 0 Å². The van der Waals surface area contributed by atoms with Crippen LogP contribution in [0.3, 0.4) is 0 Å². The summed E-state index contributed by atoms with van der Waals surface area (Å²) in [5, 5.41) is 3.42. The van der Waals surface area contributed by atoms with Crippen molar-refractivity contribution in [1.29, 1.82) is 0 Å². The standard InChI is InChI=1S/C14H24N2O/c1-4-16(5-2)12-6-11-15-13-7-9-14(17-3)10-8-13/h7-10,15H,4-6,11-12H2,1-3H3. The van der Waals surface area contributed by atoms with Gasteiger partial charge in [0.15, 0.2) is 0 Å². The third kappa shape index (κ3) is 5.09. The fourth-order valence-electron chi connectivity index (χ4n) is 1.78. The minimum atomic E-state index is 0.902. The van der Waals surface area contributed by atoms with Crippen LogP contribution in [0.2, 0.25) is 0 Å². The van der Waals surface area contributed by atoms with Gasteiger partial charge in [-0.25, -0.2) is 0 Å². The molecular formula is C14H24N2O. The Hall–Kier alpha value is -1.22. The largest absolute Gasteiger partial charge is 0.497 e. The molecule has 1 aromatic rings. The molecule has 1 aromatic carbocycles. The van der Waals surface area contributed by atoms with E-state index >= 15 is 0 Å². The molecule has 0 saturated carbocycles. The highest BCUT2D eigenvalue weighted by molar-refractivity contribution is 5.46. The predicted octanol–water partition coefficient (Wildman–Crippen LogP) is 2.84. The summed E-state index contributed by atoms with van der Waals surface area (Å²) in [6.45, 7) is 8.87. The van der Waals surface area contributed by atoms with Crippen molar-refractivity contribution in [3.63, 3.8) is 0 Å². The van der Waals surface area contributed by atoms with Gasteiger partial charge in [0.05, 0.1) is 7.11 Å². The summed E-state index contributed by atoms with van der Waals surface area (Å²) >= 11 is 0. The van der Waals surface area contributed by atoms with Gasteiger partial charge in [-0.1, -0.05) is 13.8 Å². The van der Waals surface area contributed by atoms with Gasteiger partial charge in [-0.05, 0) is 50.3 Å². The number of ether oxygens (including phenoxy) is 1.